The molecule has 4 rings (SSSR count). The second-order valence-electron chi connectivity index (χ2n) is 8.71. The molecule has 0 bridgehead atoms. The molecule has 1 amide bonds. The first-order valence-corrected chi connectivity index (χ1v) is 11.8. The van der Waals surface area contributed by atoms with Crippen LogP contribution in [0.3, 0.4) is 0 Å². The van der Waals surface area contributed by atoms with Gasteiger partial charge in [-0.05, 0) is 55.2 Å². The van der Waals surface area contributed by atoms with Gasteiger partial charge in [0.1, 0.15) is 0 Å². The number of carbonyl (C=O) groups is 2. The zero-order valence-electron chi connectivity index (χ0n) is 18.5. The molecule has 168 valence electrons. The molecule has 0 saturated heterocycles. The van der Waals surface area contributed by atoms with Crippen molar-refractivity contribution in [3.8, 4) is 0 Å². The van der Waals surface area contributed by atoms with Crippen molar-refractivity contribution in [2.45, 2.75) is 51.4 Å². The number of nitrogens with one attached hydrogen (secondary N) is 3. The van der Waals surface area contributed by atoms with Crippen LogP contribution in [0.5, 0.6) is 0 Å². The van der Waals surface area contributed by atoms with Crippen LogP contribution >= 0.6 is 0 Å². The van der Waals surface area contributed by atoms with E-state index in [1.807, 2.05) is 36.4 Å². The highest BCUT2D eigenvalue weighted by atomic mass is 16.2. The third kappa shape index (κ3) is 6.19. The fraction of sp³-hybridized carbons (Fsp3) is 0.423. The number of rotatable bonds is 8. The molecule has 0 atom stereocenters. The molecule has 3 N–H and O–H groups in total. The quantitative estimate of drug-likeness (QED) is 0.510. The van der Waals surface area contributed by atoms with Gasteiger partial charge in [0.05, 0.1) is 0 Å². The second-order valence-corrected chi connectivity index (χ2v) is 8.71. The smallest absolute Gasteiger partial charge is 0.257 e. The standard InChI is InChI=1S/C26H32N4O2/c31-24(11-3-8-19-6-1-2-7-19)21-9-4-10-23(18-21)29-22-14-12-20(13-15-22)25(32)30-26-27-16-5-17-28-26/h4,9-10,12-15,18-19,29H,1-3,5-8,11,16-17H2,(H2,27,28,30,32). The lowest BCUT2D eigenvalue weighted by Gasteiger charge is -2.15. The minimum Gasteiger partial charge on any atom is -0.356 e. The topological polar surface area (TPSA) is 82.6 Å². The molecule has 0 spiro atoms. The number of guanidine groups is 1. The van der Waals surface area contributed by atoms with Gasteiger partial charge in [-0.3, -0.25) is 19.9 Å². The molecule has 2 aliphatic rings. The molecule has 6 heteroatoms. The van der Waals surface area contributed by atoms with Crippen LogP contribution in [0.15, 0.2) is 53.5 Å². The van der Waals surface area contributed by atoms with Gasteiger partial charge in [0, 0.05) is 42.0 Å². The Morgan fingerprint density at radius 1 is 0.969 bits per heavy atom. The Labute approximate surface area is 189 Å². The molecular formula is C26H32N4O2. The van der Waals surface area contributed by atoms with Crippen molar-refractivity contribution in [1.29, 1.82) is 0 Å². The van der Waals surface area contributed by atoms with E-state index < -0.39 is 0 Å². The van der Waals surface area contributed by atoms with Crippen molar-refractivity contribution < 1.29 is 9.59 Å². The van der Waals surface area contributed by atoms with E-state index in [0.717, 1.165) is 48.8 Å². The average Bonchev–Trinajstić information content (AvgIpc) is 3.34. The highest BCUT2D eigenvalue weighted by Gasteiger charge is 2.15. The van der Waals surface area contributed by atoms with Crippen LogP contribution in [-0.2, 0) is 0 Å². The van der Waals surface area contributed by atoms with Crippen LogP contribution in [0.4, 0.5) is 11.4 Å². The number of hydrogen-bond acceptors (Lipinski definition) is 5. The predicted molar refractivity (Wildman–Crippen MR) is 129 cm³/mol. The highest BCUT2D eigenvalue weighted by molar-refractivity contribution is 6.06. The summed E-state index contributed by atoms with van der Waals surface area (Å²) in [5.41, 5.74) is 3.04. The van der Waals surface area contributed by atoms with Gasteiger partial charge in [0.25, 0.3) is 5.91 Å². The van der Waals surface area contributed by atoms with Gasteiger partial charge in [-0.2, -0.15) is 0 Å². The van der Waals surface area contributed by atoms with Gasteiger partial charge >= 0.3 is 0 Å². The van der Waals surface area contributed by atoms with Gasteiger partial charge in [0.15, 0.2) is 11.7 Å². The fourth-order valence-corrected chi connectivity index (χ4v) is 4.43. The van der Waals surface area contributed by atoms with Crippen LogP contribution < -0.4 is 16.0 Å². The Balaban J connectivity index is 1.30. The van der Waals surface area contributed by atoms with Crippen molar-refractivity contribution in [2.75, 3.05) is 18.4 Å². The third-order valence-corrected chi connectivity index (χ3v) is 6.24. The van der Waals surface area contributed by atoms with Crippen LogP contribution in [-0.4, -0.2) is 30.7 Å². The first-order chi connectivity index (χ1) is 15.7. The number of anilines is 2. The molecule has 2 aromatic carbocycles. The lowest BCUT2D eigenvalue weighted by Crippen LogP contribution is -2.43. The number of hydrogen-bond donors (Lipinski definition) is 3. The summed E-state index contributed by atoms with van der Waals surface area (Å²) in [5, 5.41) is 9.21. The summed E-state index contributed by atoms with van der Waals surface area (Å²) in [7, 11) is 0. The predicted octanol–water partition coefficient (Wildman–Crippen LogP) is 5.05. The zero-order valence-corrected chi connectivity index (χ0v) is 18.5. The molecule has 0 radical (unpaired) electrons. The lowest BCUT2D eigenvalue weighted by molar-refractivity contribution is 0.0968. The van der Waals surface area contributed by atoms with Crippen molar-refractivity contribution in [3.05, 3.63) is 59.7 Å². The van der Waals surface area contributed by atoms with Crippen LogP contribution in [0, 0.1) is 5.92 Å². The number of Topliss-reactive ketones (excluding diaryl/α,β-unsaturated/α-hetero) is 1. The van der Waals surface area contributed by atoms with Crippen molar-refractivity contribution in [3.63, 3.8) is 0 Å². The number of aliphatic imine (C=N–C) groups is 1. The van der Waals surface area contributed by atoms with E-state index >= 15 is 0 Å². The van der Waals surface area contributed by atoms with E-state index in [0.29, 0.717) is 17.9 Å². The average molecular weight is 433 g/mol. The third-order valence-electron chi connectivity index (χ3n) is 6.24. The van der Waals surface area contributed by atoms with Gasteiger partial charge in [-0.15, -0.1) is 0 Å². The number of nitrogens with zero attached hydrogens (tertiary/aromatic N) is 1. The first-order valence-electron chi connectivity index (χ1n) is 11.8. The maximum Gasteiger partial charge on any atom is 0.257 e. The second kappa shape index (κ2) is 10.9. The minimum atomic E-state index is -0.185. The number of ketones is 1. The molecule has 1 saturated carbocycles. The van der Waals surface area contributed by atoms with E-state index in [9.17, 15) is 9.59 Å². The zero-order chi connectivity index (χ0) is 22.2. The Morgan fingerprint density at radius 2 is 1.78 bits per heavy atom. The van der Waals surface area contributed by atoms with E-state index in [1.54, 1.807) is 12.1 Å². The van der Waals surface area contributed by atoms with Crippen LogP contribution in [0.2, 0.25) is 0 Å². The first kappa shape index (κ1) is 22.1. The Kier molecular flexibility index (Phi) is 7.54. The molecule has 0 unspecified atom stereocenters. The Morgan fingerprint density at radius 3 is 2.53 bits per heavy atom. The Hall–Kier alpha value is -3.15. The van der Waals surface area contributed by atoms with Gasteiger partial charge < -0.3 is 10.6 Å². The molecule has 1 aliphatic heterocycles. The Bertz CT molecular complexity index is 962. The molecule has 1 fully saturated rings. The molecular weight excluding hydrogens is 400 g/mol. The minimum absolute atomic E-state index is 0.185. The summed E-state index contributed by atoms with van der Waals surface area (Å²) in [6, 6.07) is 14.9. The monoisotopic (exact) mass is 432 g/mol. The van der Waals surface area contributed by atoms with Crippen molar-refractivity contribution >= 4 is 29.0 Å². The van der Waals surface area contributed by atoms with Crippen LogP contribution in [0.1, 0.15) is 72.1 Å². The van der Waals surface area contributed by atoms with Crippen LogP contribution in [0.25, 0.3) is 0 Å². The van der Waals surface area contributed by atoms with Gasteiger partial charge in [0.2, 0.25) is 0 Å². The summed E-state index contributed by atoms with van der Waals surface area (Å²) in [6.45, 7) is 1.55. The van der Waals surface area contributed by atoms with Gasteiger partial charge in [-0.1, -0.05) is 44.2 Å². The molecule has 6 nitrogen and oxygen atoms in total. The summed E-state index contributed by atoms with van der Waals surface area (Å²) in [4.78, 5) is 29.3. The lowest BCUT2D eigenvalue weighted by atomic mass is 9.98. The van der Waals surface area contributed by atoms with Crippen molar-refractivity contribution in [2.24, 2.45) is 10.9 Å². The van der Waals surface area contributed by atoms with E-state index in [-0.39, 0.29) is 11.7 Å². The SMILES string of the molecule is O=C(CCCC1CCCC1)c1cccc(Nc2ccc(C(=O)NC3=NCCCN3)cc2)c1. The number of benzene rings is 2. The summed E-state index contributed by atoms with van der Waals surface area (Å²) >= 11 is 0. The van der Waals surface area contributed by atoms with Gasteiger partial charge in [-0.25, -0.2) is 0 Å². The molecule has 0 aromatic heterocycles. The molecule has 32 heavy (non-hydrogen) atoms. The fourth-order valence-electron chi connectivity index (χ4n) is 4.43. The molecule has 2 aromatic rings. The summed E-state index contributed by atoms with van der Waals surface area (Å²) in [6.07, 6.45) is 9.12. The maximum atomic E-state index is 12.6. The highest BCUT2D eigenvalue weighted by Crippen LogP contribution is 2.29. The van der Waals surface area contributed by atoms with E-state index in [4.69, 9.17) is 0 Å². The van der Waals surface area contributed by atoms with Crippen molar-refractivity contribution in [1.82, 2.24) is 10.6 Å². The largest absolute Gasteiger partial charge is 0.356 e. The van der Waals surface area contributed by atoms with E-state index in [2.05, 4.69) is 20.9 Å². The number of carbonyl (C=O) groups excluding carboxylic acids is 2. The molecule has 1 aliphatic carbocycles. The molecule has 1 heterocycles. The summed E-state index contributed by atoms with van der Waals surface area (Å²) < 4.78 is 0. The normalized spacial score (nSPS) is 16.2. The summed E-state index contributed by atoms with van der Waals surface area (Å²) in [5.74, 6) is 1.38. The van der Waals surface area contributed by atoms with E-state index in [1.165, 1.54) is 32.1 Å². The number of amides is 1. The maximum absolute atomic E-state index is 12.6.